The minimum Gasteiger partial charge on any atom is -0.492 e. The van der Waals surface area contributed by atoms with Gasteiger partial charge in [0.1, 0.15) is 11.6 Å². The average molecular weight is 406 g/mol. The van der Waals surface area contributed by atoms with E-state index in [9.17, 15) is 4.79 Å². The van der Waals surface area contributed by atoms with E-state index in [1.807, 2.05) is 53.1 Å². The Hall–Kier alpha value is -4.06. The van der Waals surface area contributed by atoms with E-state index in [2.05, 4.69) is 33.4 Å². The number of aromatic nitrogens is 4. The lowest BCUT2D eigenvalue weighted by Crippen LogP contribution is -2.15. The molecule has 31 heavy (non-hydrogen) atoms. The minimum absolute atomic E-state index is 0.125. The zero-order valence-electron chi connectivity index (χ0n) is 16.7. The smallest absolute Gasteiger partial charge is 0.170 e. The molecule has 3 aromatic heterocycles. The van der Waals surface area contributed by atoms with Crippen LogP contribution in [-0.2, 0) is 6.42 Å². The van der Waals surface area contributed by atoms with Crippen molar-refractivity contribution >= 4 is 22.3 Å². The molecule has 0 fully saturated rings. The lowest BCUT2D eigenvalue weighted by molar-refractivity contribution is 0.0933. The summed E-state index contributed by atoms with van der Waals surface area (Å²) >= 11 is 0. The van der Waals surface area contributed by atoms with Gasteiger partial charge in [0.05, 0.1) is 17.7 Å². The first-order valence-corrected chi connectivity index (χ1v) is 10.2. The first-order valence-electron chi connectivity index (χ1n) is 10.2. The molecule has 1 aliphatic rings. The van der Waals surface area contributed by atoms with Crippen molar-refractivity contribution in [2.24, 2.45) is 0 Å². The molecule has 0 N–H and O–H groups in total. The number of carbonyl (C=O) groups is 1. The van der Waals surface area contributed by atoms with Crippen LogP contribution in [0.1, 0.15) is 28.2 Å². The molecule has 150 valence electrons. The summed E-state index contributed by atoms with van der Waals surface area (Å²) < 4.78 is 7.62. The lowest BCUT2D eigenvalue weighted by atomic mass is 9.99. The van der Waals surface area contributed by atoms with Crippen LogP contribution in [0.15, 0.2) is 73.1 Å². The molecule has 0 unspecified atom stereocenters. The summed E-state index contributed by atoms with van der Waals surface area (Å²) in [5.74, 6) is 1.65. The van der Waals surface area contributed by atoms with Crippen LogP contribution in [0.5, 0.6) is 5.75 Å². The van der Waals surface area contributed by atoms with E-state index in [1.165, 1.54) is 0 Å². The Bertz CT molecular complexity index is 1470. The summed E-state index contributed by atoms with van der Waals surface area (Å²) in [6.07, 6.45) is 4.91. The SMILES string of the molecule is O=C1CCOc2ccc(-c3ccc4nnc(Cc5ccc6ncccc6c5)n4c3)cc21. The monoisotopic (exact) mass is 406 g/mol. The molecular weight excluding hydrogens is 388 g/mol. The number of nitrogens with zero attached hydrogens (tertiary/aromatic N) is 4. The number of pyridine rings is 2. The molecule has 1 aliphatic heterocycles. The number of hydrogen-bond donors (Lipinski definition) is 0. The van der Waals surface area contributed by atoms with Crippen molar-refractivity contribution in [2.45, 2.75) is 12.8 Å². The Morgan fingerprint density at radius 3 is 2.87 bits per heavy atom. The number of ketones is 1. The largest absolute Gasteiger partial charge is 0.492 e. The van der Waals surface area contributed by atoms with Crippen LogP contribution in [0.25, 0.3) is 27.7 Å². The van der Waals surface area contributed by atoms with E-state index >= 15 is 0 Å². The molecule has 0 saturated heterocycles. The van der Waals surface area contributed by atoms with Crippen LogP contribution in [0.4, 0.5) is 0 Å². The van der Waals surface area contributed by atoms with E-state index in [-0.39, 0.29) is 5.78 Å². The molecule has 2 aromatic carbocycles. The van der Waals surface area contributed by atoms with Gasteiger partial charge in [-0.15, -0.1) is 10.2 Å². The van der Waals surface area contributed by atoms with E-state index in [0.717, 1.165) is 39.1 Å². The minimum atomic E-state index is 0.125. The topological polar surface area (TPSA) is 69.4 Å². The molecular formula is C25H18N4O2. The van der Waals surface area contributed by atoms with Crippen molar-refractivity contribution in [1.82, 2.24) is 19.6 Å². The summed E-state index contributed by atoms with van der Waals surface area (Å²) in [4.78, 5) is 16.7. The van der Waals surface area contributed by atoms with Crippen LogP contribution in [0.2, 0.25) is 0 Å². The molecule has 5 aromatic rings. The highest BCUT2D eigenvalue weighted by Gasteiger charge is 2.19. The Morgan fingerprint density at radius 2 is 1.90 bits per heavy atom. The molecule has 0 saturated carbocycles. The Labute approximate surface area is 178 Å². The molecule has 0 amide bonds. The molecule has 6 nitrogen and oxygen atoms in total. The van der Waals surface area contributed by atoms with Gasteiger partial charge in [0.25, 0.3) is 0 Å². The fraction of sp³-hybridized carbons (Fsp3) is 0.120. The number of carbonyl (C=O) groups excluding carboxylic acids is 1. The molecule has 0 atom stereocenters. The number of ether oxygens (including phenoxy) is 1. The zero-order chi connectivity index (χ0) is 20.8. The zero-order valence-corrected chi connectivity index (χ0v) is 16.7. The van der Waals surface area contributed by atoms with Gasteiger partial charge in [0, 0.05) is 30.6 Å². The van der Waals surface area contributed by atoms with Gasteiger partial charge in [0.2, 0.25) is 0 Å². The first kappa shape index (κ1) is 17.8. The van der Waals surface area contributed by atoms with Crippen molar-refractivity contribution in [3.8, 4) is 16.9 Å². The van der Waals surface area contributed by atoms with Crippen molar-refractivity contribution in [3.63, 3.8) is 0 Å². The number of hydrogen-bond acceptors (Lipinski definition) is 5. The summed E-state index contributed by atoms with van der Waals surface area (Å²) in [6.45, 7) is 0.450. The predicted molar refractivity (Wildman–Crippen MR) is 117 cm³/mol. The molecule has 4 heterocycles. The Kier molecular flexibility index (Phi) is 4.02. The third-order valence-electron chi connectivity index (χ3n) is 5.70. The van der Waals surface area contributed by atoms with Gasteiger partial charge in [-0.25, -0.2) is 0 Å². The van der Waals surface area contributed by atoms with E-state index in [4.69, 9.17) is 4.74 Å². The lowest BCUT2D eigenvalue weighted by Gasteiger charge is -2.17. The molecule has 0 bridgehead atoms. The second-order valence-corrected chi connectivity index (χ2v) is 7.70. The molecule has 0 aliphatic carbocycles. The van der Waals surface area contributed by atoms with E-state index < -0.39 is 0 Å². The highest BCUT2D eigenvalue weighted by Crippen LogP contribution is 2.30. The summed E-state index contributed by atoms with van der Waals surface area (Å²) in [6, 6.07) is 20.0. The fourth-order valence-electron chi connectivity index (χ4n) is 4.09. The second kappa shape index (κ2) is 7.02. The third-order valence-corrected chi connectivity index (χ3v) is 5.70. The van der Waals surface area contributed by atoms with Gasteiger partial charge in [0.15, 0.2) is 11.4 Å². The van der Waals surface area contributed by atoms with Crippen LogP contribution in [-0.4, -0.2) is 32.0 Å². The van der Waals surface area contributed by atoms with Gasteiger partial charge in [-0.1, -0.05) is 18.2 Å². The van der Waals surface area contributed by atoms with E-state index in [0.29, 0.717) is 30.8 Å². The number of Topliss-reactive ketones (excluding diaryl/α,β-unsaturated/α-hetero) is 1. The predicted octanol–water partition coefficient (Wildman–Crippen LogP) is 4.50. The average Bonchev–Trinajstić information content (AvgIpc) is 3.21. The maximum absolute atomic E-state index is 12.3. The van der Waals surface area contributed by atoms with Gasteiger partial charge >= 0.3 is 0 Å². The van der Waals surface area contributed by atoms with Gasteiger partial charge in [-0.2, -0.15) is 0 Å². The highest BCUT2D eigenvalue weighted by atomic mass is 16.5. The Balaban J connectivity index is 1.38. The summed E-state index contributed by atoms with van der Waals surface area (Å²) in [5, 5.41) is 9.84. The first-order chi connectivity index (χ1) is 15.2. The Morgan fingerprint density at radius 1 is 0.968 bits per heavy atom. The number of benzene rings is 2. The van der Waals surface area contributed by atoms with E-state index in [1.54, 1.807) is 6.20 Å². The maximum Gasteiger partial charge on any atom is 0.170 e. The maximum atomic E-state index is 12.3. The summed E-state index contributed by atoms with van der Waals surface area (Å²) in [5.41, 5.74) is 5.53. The molecule has 6 rings (SSSR count). The standard InChI is InChI=1S/C25H18N4O2/c30-22-9-11-31-23-7-4-17(14-20(22)23)19-5-8-24-27-28-25(29(24)15-19)13-16-3-6-21-18(12-16)2-1-10-26-21/h1-8,10,12,14-15H,9,11,13H2. The van der Waals surface area contributed by atoms with Gasteiger partial charge in [-0.3, -0.25) is 14.2 Å². The molecule has 0 radical (unpaired) electrons. The van der Waals surface area contributed by atoms with Crippen LogP contribution in [0, 0.1) is 0 Å². The second-order valence-electron chi connectivity index (χ2n) is 7.70. The van der Waals surface area contributed by atoms with Crippen LogP contribution in [0.3, 0.4) is 0 Å². The van der Waals surface area contributed by atoms with Gasteiger partial charge in [-0.05, 0) is 59.2 Å². The van der Waals surface area contributed by atoms with Gasteiger partial charge < -0.3 is 4.74 Å². The fourth-order valence-corrected chi connectivity index (χ4v) is 4.09. The van der Waals surface area contributed by atoms with Crippen molar-refractivity contribution in [1.29, 1.82) is 0 Å². The summed E-state index contributed by atoms with van der Waals surface area (Å²) in [7, 11) is 0. The number of rotatable bonds is 3. The molecule has 0 spiro atoms. The highest BCUT2D eigenvalue weighted by molar-refractivity contribution is 6.00. The quantitative estimate of drug-likeness (QED) is 0.441. The normalized spacial score (nSPS) is 13.4. The molecule has 6 heteroatoms. The van der Waals surface area contributed by atoms with Crippen LogP contribution < -0.4 is 4.74 Å². The number of fused-ring (bicyclic) bond motifs is 3. The van der Waals surface area contributed by atoms with Crippen molar-refractivity contribution in [2.75, 3.05) is 6.61 Å². The third kappa shape index (κ3) is 3.13. The van der Waals surface area contributed by atoms with Crippen molar-refractivity contribution in [3.05, 3.63) is 90.0 Å². The van der Waals surface area contributed by atoms with Crippen molar-refractivity contribution < 1.29 is 9.53 Å². The van der Waals surface area contributed by atoms with Crippen LogP contribution >= 0.6 is 0 Å².